The van der Waals surface area contributed by atoms with Crippen molar-refractivity contribution in [3.8, 4) is 17.2 Å². The van der Waals surface area contributed by atoms with Gasteiger partial charge in [-0.3, -0.25) is 19.3 Å². The lowest BCUT2D eigenvalue weighted by Gasteiger charge is -2.22. The normalized spacial score (nSPS) is 16.5. The zero-order valence-corrected chi connectivity index (χ0v) is 22.9. The maximum atomic E-state index is 14.2. The number of carbonyl (C=O) groups is 2. The van der Waals surface area contributed by atoms with E-state index in [1.165, 1.54) is 23.0 Å². The average Bonchev–Trinajstić information content (AvgIpc) is 3.43. The van der Waals surface area contributed by atoms with Crippen molar-refractivity contribution >= 4 is 11.8 Å². The monoisotopic (exact) mass is 572 g/mol. The number of hydrogen-bond acceptors (Lipinski definition) is 5. The van der Waals surface area contributed by atoms with E-state index in [0.29, 0.717) is 23.2 Å². The van der Waals surface area contributed by atoms with Gasteiger partial charge >= 0.3 is 0 Å². The molecule has 0 bridgehead atoms. The van der Waals surface area contributed by atoms with Crippen LogP contribution >= 0.6 is 0 Å². The van der Waals surface area contributed by atoms with Gasteiger partial charge in [0.1, 0.15) is 30.1 Å². The molecule has 0 saturated carbocycles. The van der Waals surface area contributed by atoms with Crippen LogP contribution in [0.1, 0.15) is 64.4 Å². The van der Waals surface area contributed by atoms with E-state index in [2.05, 4.69) is 28.4 Å². The number of nitriles is 1. The van der Waals surface area contributed by atoms with E-state index in [1.54, 1.807) is 12.1 Å². The predicted molar refractivity (Wildman–Crippen MR) is 147 cm³/mol. The second-order valence-corrected chi connectivity index (χ2v) is 10.5. The first-order chi connectivity index (χ1) is 20.0. The van der Waals surface area contributed by atoms with Crippen molar-refractivity contribution in [2.75, 3.05) is 0 Å². The molecule has 5 rings (SSSR count). The third kappa shape index (κ3) is 5.61. The van der Waals surface area contributed by atoms with Crippen molar-refractivity contribution in [2.45, 2.75) is 45.2 Å². The van der Waals surface area contributed by atoms with E-state index in [1.807, 2.05) is 6.92 Å². The smallest absolute Gasteiger partial charge is 0.251 e. The lowest BCUT2D eigenvalue weighted by Crippen LogP contribution is -2.34. The lowest BCUT2D eigenvalue weighted by molar-refractivity contribution is -0.122. The molecule has 11 heteroatoms. The summed E-state index contributed by atoms with van der Waals surface area (Å²) in [6.07, 6.45) is 2.12. The standard InChI is InChI=1S/C31H27F3N6O2/c1-16-8-27-29(17(16)2)26(14-35)39-40(27)15-28(41)38-25(11-18-9-20(32)13-21(33)10-18)30-22(4-3-7-37-30)19-5-6-24(34)23(12-19)31(36)42/h3-7,9-10,12-13,16-17,25H,8,11,15H2,1-2H3,(H2,36,42)(H,38,41)/t16?,17?,25-/m0/s1. The number of benzene rings is 2. The van der Waals surface area contributed by atoms with Gasteiger partial charge in [0, 0.05) is 29.1 Å². The number of aromatic nitrogens is 3. The summed E-state index contributed by atoms with van der Waals surface area (Å²) in [5.74, 6) is -3.35. The minimum Gasteiger partial charge on any atom is -0.366 e. The van der Waals surface area contributed by atoms with E-state index in [9.17, 15) is 28.0 Å². The number of rotatable bonds is 8. The summed E-state index contributed by atoms with van der Waals surface area (Å²) in [4.78, 5) is 29.7. The topological polar surface area (TPSA) is 127 Å². The van der Waals surface area contributed by atoms with Gasteiger partial charge in [-0.2, -0.15) is 10.4 Å². The van der Waals surface area contributed by atoms with Gasteiger partial charge in [-0.25, -0.2) is 13.2 Å². The van der Waals surface area contributed by atoms with Gasteiger partial charge in [-0.15, -0.1) is 0 Å². The van der Waals surface area contributed by atoms with Gasteiger partial charge < -0.3 is 11.1 Å². The number of amides is 2. The fourth-order valence-corrected chi connectivity index (χ4v) is 5.56. The number of primary amides is 1. The van der Waals surface area contributed by atoms with Gasteiger partial charge in [0.2, 0.25) is 5.91 Å². The summed E-state index contributed by atoms with van der Waals surface area (Å²) in [5.41, 5.74) is 8.44. The highest BCUT2D eigenvalue weighted by Crippen LogP contribution is 2.39. The summed E-state index contributed by atoms with van der Waals surface area (Å²) in [6, 6.07) is 11.4. The van der Waals surface area contributed by atoms with Crippen LogP contribution in [-0.2, 0) is 24.2 Å². The first-order valence-electron chi connectivity index (χ1n) is 13.3. The van der Waals surface area contributed by atoms with E-state index in [-0.39, 0.29) is 41.6 Å². The Bertz CT molecular complexity index is 1720. The van der Waals surface area contributed by atoms with E-state index in [0.717, 1.165) is 35.5 Å². The van der Waals surface area contributed by atoms with Crippen LogP contribution in [0.5, 0.6) is 0 Å². The molecular formula is C31H27F3N6O2. The first kappa shape index (κ1) is 28.5. The molecule has 8 nitrogen and oxygen atoms in total. The molecule has 2 aromatic heterocycles. The Morgan fingerprint density at radius 3 is 2.57 bits per heavy atom. The molecule has 0 spiro atoms. The number of fused-ring (bicyclic) bond motifs is 1. The minimum absolute atomic E-state index is 0.0387. The van der Waals surface area contributed by atoms with Crippen molar-refractivity contribution in [1.29, 1.82) is 5.26 Å². The van der Waals surface area contributed by atoms with Crippen molar-refractivity contribution in [3.05, 3.63) is 106 Å². The van der Waals surface area contributed by atoms with Gasteiger partial charge in [0.25, 0.3) is 5.91 Å². The van der Waals surface area contributed by atoms with Gasteiger partial charge in [-0.1, -0.05) is 26.0 Å². The molecule has 214 valence electrons. The van der Waals surface area contributed by atoms with Crippen molar-refractivity contribution in [2.24, 2.45) is 11.7 Å². The third-order valence-electron chi connectivity index (χ3n) is 7.73. The molecule has 2 heterocycles. The van der Waals surface area contributed by atoms with Gasteiger partial charge in [0.15, 0.2) is 5.69 Å². The molecule has 0 fully saturated rings. The van der Waals surface area contributed by atoms with Crippen LogP contribution in [-0.4, -0.2) is 26.6 Å². The Morgan fingerprint density at radius 1 is 1.14 bits per heavy atom. The molecule has 3 N–H and O–H groups in total. The van der Waals surface area contributed by atoms with E-state index < -0.39 is 35.3 Å². The highest BCUT2D eigenvalue weighted by Gasteiger charge is 2.34. The van der Waals surface area contributed by atoms with Crippen molar-refractivity contribution in [3.63, 3.8) is 0 Å². The number of nitrogens with zero attached hydrogens (tertiary/aromatic N) is 4. The summed E-state index contributed by atoms with van der Waals surface area (Å²) >= 11 is 0. The number of nitrogens with one attached hydrogen (secondary N) is 1. The van der Waals surface area contributed by atoms with Crippen LogP contribution in [0, 0.1) is 34.7 Å². The molecule has 42 heavy (non-hydrogen) atoms. The number of pyridine rings is 1. The molecule has 2 unspecified atom stereocenters. The highest BCUT2D eigenvalue weighted by atomic mass is 19.1. The van der Waals surface area contributed by atoms with Crippen molar-refractivity contribution in [1.82, 2.24) is 20.1 Å². The van der Waals surface area contributed by atoms with Crippen LogP contribution < -0.4 is 11.1 Å². The van der Waals surface area contributed by atoms with Gasteiger partial charge in [0.05, 0.1) is 17.3 Å². The van der Waals surface area contributed by atoms with E-state index >= 15 is 0 Å². The Hall–Kier alpha value is -4.98. The number of halogens is 3. The molecule has 0 radical (unpaired) electrons. The molecule has 3 atom stereocenters. The zero-order valence-electron chi connectivity index (χ0n) is 22.9. The predicted octanol–water partition coefficient (Wildman–Crippen LogP) is 4.73. The molecule has 4 aromatic rings. The van der Waals surface area contributed by atoms with Crippen LogP contribution in [0.25, 0.3) is 11.1 Å². The molecule has 2 aromatic carbocycles. The Balaban J connectivity index is 1.52. The fraction of sp³-hybridized carbons (Fsp3) is 0.258. The van der Waals surface area contributed by atoms with Crippen LogP contribution in [0.2, 0.25) is 0 Å². The third-order valence-corrected chi connectivity index (χ3v) is 7.73. The van der Waals surface area contributed by atoms with E-state index in [4.69, 9.17) is 5.73 Å². The Kier molecular flexibility index (Phi) is 7.81. The Labute approximate surface area is 240 Å². The maximum Gasteiger partial charge on any atom is 0.251 e. The van der Waals surface area contributed by atoms with Crippen LogP contribution in [0.15, 0.2) is 54.7 Å². The van der Waals surface area contributed by atoms with Crippen LogP contribution in [0.3, 0.4) is 0 Å². The Morgan fingerprint density at radius 2 is 1.88 bits per heavy atom. The molecule has 2 amide bonds. The SMILES string of the molecule is CC1Cc2c(c(C#N)nn2CC(=O)N[C@@H](Cc2cc(F)cc(F)c2)c2ncccc2-c2ccc(F)c(C(N)=O)c2)C1C. The summed E-state index contributed by atoms with van der Waals surface area (Å²) < 4.78 is 44.0. The fourth-order valence-electron chi connectivity index (χ4n) is 5.56. The quantitative estimate of drug-likeness (QED) is 0.316. The number of hydrogen-bond donors (Lipinski definition) is 2. The van der Waals surface area contributed by atoms with Crippen LogP contribution in [0.4, 0.5) is 13.2 Å². The van der Waals surface area contributed by atoms with Gasteiger partial charge in [-0.05, 0) is 66.1 Å². The summed E-state index contributed by atoms with van der Waals surface area (Å²) in [5, 5.41) is 16.9. The number of nitrogens with two attached hydrogens (primary N) is 1. The summed E-state index contributed by atoms with van der Waals surface area (Å²) in [6.45, 7) is 3.91. The average molecular weight is 573 g/mol. The highest BCUT2D eigenvalue weighted by molar-refractivity contribution is 5.94. The summed E-state index contributed by atoms with van der Waals surface area (Å²) in [7, 11) is 0. The molecule has 0 saturated heterocycles. The molecule has 1 aliphatic carbocycles. The second kappa shape index (κ2) is 11.5. The second-order valence-electron chi connectivity index (χ2n) is 10.5. The van der Waals surface area contributed by atoms with Crippen molar-refractivity contribution < 1.29 is 22.8 Å². The molecule has 1 aliphatic rings. The largest absolute Gasteiger partial charge is 0.366 e. The first-order valence-corrected chi connectivity index (χ1v) is 13.3. The molecule has 0 aliphatic heterocycles. The minimum atomic E-state index is -0.952. The molecular weight excluding hydrogens is 545 g/mol. The zero-order chi connectivity index (χ0) is 30.1. The maximum absolute atomic E-state index is 14.2. The number of carbonyl (C=O) groups excluding carboxylic acids is 2. The lowest BCUT2D eigenvalue weighted by atomic mass is 9.94.